The van der Waals surface area contributed by atoms with Crippen molar-refractivity contribution in [3.8, 4) is 0 Å². The van der Waals surface area contributed by atoms with Crippen molar-refractivity contribution in [2.75, 3.05) is 37.8 Å². The Hall–Kier alpha value is -2.70. The van der Waals surface area contributed by atoms with Gasteiger partial charge in [0.25, 0.3) is 0 Å². The Bertz CT molecular complexity index is 804. The van der Waals surface area contributed by atoms with Gasteiger partial charge in [0.15, 0.2) is 0 Å². The Morgan fingerprint density at radius 1 is 1.22 bits per heavy atom. The van der Waals surface area contributed by atoms with Crippen molar-refractivity contribution in [1.82, 2.24) is 5.32 Å². The highest BCUT2D eigenvalue weighted by Gasteiger charge is 2.16. The first-order valence-corrected chi connectivity index (χ1v) is 8.93. The lowest BCUT2D eigenvalue weighted by atomic mass is 10.1. The third-order valence-electron chi connectivity index (χ3n) is 4.42. The van der Waals surface area contributed by atoms with Crippen LogP contribution in [-0.4, -0.2) is 43.9 Å². The number of hydrogen-bond donors (Lipinski definition) is 2. The largest absolute Gasteiger partial charge is 0.394 e. The molecule has 1 amide bonds. The molecule has 2 N–H and O–H groups in total. The zero-order valence-electron chi connectivity index (χ0n) is 15.0. The molecule has 2 aromatic rings. The third kappa shape index (κ3) is 5.39. The molecule has 0 saturated carbocycles. The summed E-state index contributed by atoms with van der Waals surface area (Å²) in [5, 5.41) is 12.5. The fourth-order valence-electron chi connectivity index (χ4n) is 3.00. The number of aliphatic hydroxyl groups is 1. The smallest absolute Gasteiger partial charge is 0.244 e. The lowest BCUT2D eigenvalue weighted by Crippen LogP contribution is -2.36. The van der Waals surface area contributed by atoms with E-state index in [2.05, 4.69) is 10.2 Å². The molecule has 0 spiro atoms. The van der Waals surface area contributed by atoms with Crippen LogP contribution in [0.25, 0.3) is 6.08 Å². The van der Waals surface area contributed by atoms with Gasteiger partial charge in [-0.15, -0.1) is 0 Å². The van der Waals surface area contributed by atoms with Gasteiger partial charge in [0.1, 0.15) is 5.82 Å². The number of benzene rings is 2. The molecular formula is C21H23FN2O3. The molecule has 1 atom stereocenters. The molecule has 1 aliphatic heterocycles. The van der Waals surface area contributed by atoms with Crippen LogP contribution in [0.2, 0.25) is 0 Å². The number of aliphatic hydroxyl groups excluding tert-OH is 1. The van der Waals surface area contributed by atoms with Crippen LogP contribution >= 0.6 is 0 Å². The summed E-state index contributed by atoms with van der Waals surface area (Å²) in [6, 6.07) is 13.2. The maximum absolute atomic E-state index is 13.2. The van der Waals surface area contributed by atoms with Gasteiger partial charge < -0.3 is 20.1 Å². The first-order valence-electron chi connectivity index (χ1n) is 8.93. The number of nitrogens with zero attached hydrogens (tertiary/aromatic N) is 1. The molecule has 0 aliphatic carbocycles. The van der Waals surface area contributed by atoms with Crippen molar-refractivity contribution in [2.24, 2.45) is 0 Å². The minimum Gasteiger partial charge on any atom is -0.394 e. The topological polar surface area (TPSA) is 61.8 Å². The lowest BCUT2D eigenvalue weighted by molar-refractivity contribution is -0.117. The van der Waals surface area contributed by atoms with Gasteiger partial charge in [0.05, 0.1) is 25.9 Å². The van der Waals surface area contributed by atoms with E-state index in [9.17, 15) is 14.3 Å². The van der Waals surface area contributed by atoms with Crippen LogP contribution in [0.4, 0.5) is 10.1 Å². The van der Waals surface area contributed by atoms with E-state index in [0.717, 1.165) is 24.3 Å². The van der Waals surface area contributed by atoms with Crippen molar-refractivity contribution < 1.29 is 19.0 Å². The number of carbonyl (C=O) groups excluding carboxylic acids is 1. The normalized spacial score (nSPS) is 15.7. The Morgan fingerprint density at radius 3 is 2.74 bits per heavy atom. The number of hydrogen-bond acceptors (Lipinski definition) is 4. The van der Waals surface area contributed by atoms with Crippen molar-refractivity contribution in [3.05, 3.63) is 71.6 Å². The van der Waals surface area contributed by atoms with E-state index in [1.807, 2.05) is 24.3 Å². The van der Waals surface area contributed by atoms with Crippen LogP contribution in [0.1, 0.15) is 17.2 Å². The number of anilines is 1. The van der Waals surface area contributed by atoms with E-state index < -0.39 is 6.04 Å². The minimum atomic E-state index is -0.518. The van der Waals surface area contributed by atoms with Crippen LogP contribution in [0.5, 0.6) is 0 Å². The van der Waals surface area contributed by atoms with Gasteiger partial charge in [-0.2, -0.15) is 0 Å². The monoisotopic (exact) mass is 370 g/mol. The molecule has 1 saturated heterocycles. The predicted molar refractivity (Wildman–Crippen MR) is 103 cm³/mol. The van der Waals surface area contributed by atoms with Gasteiger partial charge in [-0.3, -0.25) is 4.79 Å². The molecule has 5 nitrogen and oxygen atoms in total. The number of rotatable bonds is 6. The Balaban J connectivity index is 1.66. The summed E-state index contributed by atoms with van der Waals surface area (Å²) in [6.45, 7) is 2.79. The molecule has 1 heterocycles. The van der Waals surface area contributed by atoms with Gasteiger partial charge in [0, 0.05) is 24.9 Å². The van der Waals surface area contributed by atoms with E-state index in [0.29, 0.717) is 18.8 Å². The van der Waals surface area contributed by atoms with Crippen LogP contribution < -0.4 is 10.2 Å². The number of carbonyl (C=O) groups is 1. The number of nitrogens with one attached hydrogen (secondary N) is 1. The molecular weight excluding hydrogens is 347 g/mol. The zero-order valence-corrected chi connectivity index (χ0v) is 15.0. The highest BCUT2D eigenvalue weighted by Crippen LogP contribution is 2.21. The summed E-state index contributed by atoms with van der Waals surface area (Å²) in [5.41, 5.74) is 2.47. The van der Waals surface area contributed by atoms with Gasteiger partial charge in [-0.1, -0.05) is 24.3 Å². The first-order chi connectivity index (χ1) is 13.2. The van der Waals surface area contributed by atoms with Gasteiger partial charge in [-0.25, -0.2) is 4.39 Å². The SMILES string of the molecule is O=C(C=Cc1cccc(F)c1)NC(CO)c1cccc(N2CCOCC2)c1. The average Bonchev–Trinajstić information content (AvgIpc) is 2.71. The predicted octanol–water partition coefficient (Wildman–Crippen LogP) is 2.53. The molecule has 142 valence electrons. The summed E-state index contributed by atoms with van der Waals surface area (Å²) in [5.74, 6) is -0.708. The third-order valence-corrected chi connectivity index (χ3v) is 4.42. The van der Waals surface area contributed by atoms with Gasteiger partial charge >= 0.3 is 0 Å². The van der Waals surface area contributed by atoms with Crippen molar-refractivity contribution in [2.45, 2.75) is 6.04 Å². The van der Waals surface area contributed by atoms with E-state index in [1.165, 1.54) is 24.3 Å². The second-order valence-electron chi connectivity index (χ2n) is 6.33. The van der Waals surface area contributed by atoms with Crippen LogP contribution in [-0.2, 0) is 9.53 Å². The minimum absolute atomic E-state index is 0.216. The van der Waals surface area contributed by atoms with E-state index in [-0.39, 0.29) is 18.3 Å². The van der Waals surface area contributed by atoms with Crippen molar-refractivity contribution in [1.29, 1.82) is 0 Å². The van der Waals surface area contributed by atoms with Crippen LogP contribution in [0.15, 0.2) is 54.6 Å². The quantitative estimate of drug-likeness (QED) is 0.767. The molecule has 0 aromatic heterocycles. The summed E-state index contributed by atoms with van der Waals surface area (Å²) in [4.78, 5) is 14.4. The summed E-state index contributed by atoms with van der Waals surface area (Å²) >= 11 is 0. The molecule has 2 aromatic carbocycles. The maximum atomic E-state index is 13.2. The molecule has 0 bridgehead atoms. The molecule has 27 heavy (non-hydrogen) atoms. The highest BCUT2D eigenvalue weighted by molar-refractivity contribution is 5.92. The maximum Gasteiger partial charge on any atom is 0.244 e. The van der Waals surface area contributed by atoms with Gasteiger partial charge in [-0.05, 0) is 41.5 Å². The second-order valence-corrected chi connectivity index (χ2v) is 6.33. The number of halogens is 1. The Labute approximate surface area is 158 Å². The molecule has 1 aliphatic rings. The fraction of sp³-hybridized carbons (Fsp3) is 0.286. The molecule has 3 rings (SSSR count). The Morgan fingerprint density at radius 2 is 2.00 bits per heavy atom. The molecule has 6 heteroatoms. The molecule has 1 fully saturated rings. The zero-order chi connectivity index (χ0) is 19.1. The van der Waals surface area contributed by atoms with Crippen molar-refractivity contribution >= 4 is 17.7 Å². The summed E-state index contributed by atoms with van der Waals surface area (Å²) < 4.78 is 18.6. The van der Waals surface area contributed by atoms with Gasteiger partial charge in [0.2, 0.25) is 5.91 Å². The van der Waals surface area contributed by atoms with E-state index >= 15 is 0 Å². The van der Waals surface area contributed by atoms with Crippen LogP contribution in [0.3, 0.4) is 0 Å². The number of ether oxygens (including phenoxy) is 1. The summed E-state index contributed by atoms with van der Waals surface area (Å²) in [6.07, 6.45) is 2.88. The van der Waals surface area contributed by atoms with E-state index in [1.54, 1.807) is 12.1 Å². The first kappa shape index (κ1) is 19.1. The standard InChI is InChI=1S/C21H23FN2O3/c22-18-5-1-3-16(13-18)7-8-21(26)23-20(15-25)17-4-2-6-19(14-17)24-9-11-27-12-10-24/h1-8,13-14,20,25H,9-12,15H2,(H,23,26). The second kappa shape index (κ2) is 9.30. The van der Waals surface area contributed by atoms with E-state index in [4.69, 9.17) is 4.74 Å². The van der Waals surface area contributed by atoms with Crippen molar-refractivity contribution in [3.63, 3.8) is 0 Å². The molecule has 0 radical (unpaired) electrons. The number of morpholine rings is 1. The molecule has 1 unspecified atom stereocenters. The summed E-state index contributed by atoms with van der Waals surface area (Å²) in [7, 11) is 0. The highest BCUT2D eigenvalue weighted by atomic mass is 19.1. The average molecular weight is 370 g/mol. The lowest BCUT2D eigenvalue weighted by Gasteiger charge is -2.29. The Kier molecular flexibility index (Phi) is 6.57. The fourth-order valence-corrected chi connectivity index (χ4v) is 3.00. The number of amides is 1. The van der Waals surface area contributed by atoms with Crippen LogP contribution in [0, 0.1) is 5.82 Å².